The summed E-state index contributed by atoms with van der Waals surface area (Å²) < 4.78 is 1.28. The first kappa shape index (κ1) is 12.9. The Labute approximate surface area is 124 Å². The molecule has 3 N–H and O–H groups in total. The zero-order valence-corrected chi connectivity index (χ0v) is 12.8. The van der Waals surface area contributed by atoms with E-state index in [1.807, 2.05) is 22.6 Å². The number of phenols is 1. The highest BCUT2D eigenvalue weighted by Gasteiger charge is 2.22. The molecule has 1 heterocycles. The largest absolute Gasteiger partial charge is 0.506 e. The van der Waals surface area contributed by atoms with E-state index in [9.17, 15) is 9.90 Å². The van der Waals surface area contributed by atoms with Crippen molar-refractivity contribution in [2.45, 2.75) is 0 Å². The number of halogens is 2. The minimum absolute atomic E-state index is 0.133. The second kappa shape index (κ2) is 4.99. The van der Waals surface area contributed by atoms with Crippen LogP contribution in [-0.4, -0.2) is 16.2 Å². The average molecular weight is 425 g/mol. The van der Waals surface area contributed by atoms with E-state index in [0.717, 1.165) is 17.3 Å². The Morgan fingerprint density at radius 3 is 2.76 bits per heavy atom. The molecule has 0 unspecified atom stereocenters. The van der Waals surface area contributed by atoms with Gasteiger partial charge in [-0.2, -0.15) is 0 Å². The van der Waals surface area contributed by atoms with Crippen molar-refractivity contribution in [1.82, 2.24) is 5.32 Å². The van der Waals surface area contributed by atoms with Crippen molar-refractivity contribution in [3.63, 3.8) is 0 Å². The van der Waals surface area contributed by atoms with E-state index in [4.69, 9.17) is 5.41 Å². The molecule has 2 rings (SSSR count). The first-order valence-electron chi connectivity index (χ1n) is 4.45. The number of hydrogen-bond acceptors (Lipinski definition) is 4. The Morgan fingerprint density at radius 2 is 2.24 bits per heavy atom. The summed E-state index contributed by atoms with van der Waals surface area (Å²) in [5.41, 5.74) is 0.798. The van der Waals surface area contributed by atoms with E-state index in [-0.39, 0.29) is 16.8 Å². The van der Waals surface area contributed by atoms with Gasteiger partial charge in [-0.15, -0.1) is 0 Å². The number of benzene rings is 1. The quantitative estimate of drug-likeness (QED) is 0.479. The topological polar surface area (TPSA) is 73.2 Å². The fourth-order valence-corrected chi connectivity index (χ4v) is 3.46. The van der Waals surface area contributed by atoms with Crippen LogP contribution in [0.2, 0.25) is 0 Å². The van der Waals surface area contributed by atoms with Crippen molar-refractivity contribution in [2.24, 2.45) is 0 Å². The Bertz CT molecular complexity index is 536. The van der Waals surface area contributed by atoms with Crippen LogP contribution in [0.15, 0.2) is 21.5 Å². The molecule has 1 amide bonds. The maximum absolute atomic E-state index is 11.4. The number of phenolic OH excluding ortho intramolecular Hbond substituents is 1. The minimum Gasteiger partial charge on any atom is -0.506 e. The second-order valence-corrected chi connectivity index (χ2v) is 6.30. The number of nitrogens with one attached hydrogen (secondary N) is 2. The van der Waals surface area contributed by atoms with Crippen LogP contribution in [0.4, 0.5) is 0 Å². The molecule has 1 fully saturated rings. The fourth-order valence-electron chi connectivity index (χ4n) is 1.26. The van der Waals surface area contributed by atoms with Crippen molar-refractivity contribution >= 4 is 67.4 Å². The summed E-state index contributed by atoms with van der Waals surface area (Å²) in [7, 11) is 0. The predicted molar refractivity (Wildman–Crippen MR) is 80.0 cm³/mol. The molecular formula is C10H6BrIN2O2S. The monoisotopic (exact) mass is 424 g/mol. The van der Waals surface area contributed by atoms with Gasteiger partial charge in [-0.05, 0) is 74.1 Å². The van der Waals surface area contributed by atoms with Crippen molar-refractivity contribution < 1.29 is 9.90 Å². The van der Waals surface area contributed by atoms with Crippen molar-refractivity contribution in [1.29, 1.82) is 5.41 Å². The van der Waals surface area contributed by atoms with E-state index < -0.39 is 0 Å². The molecule has 17 heavy (non-hydrogen) atoms. The highest BCUT2D eigenvalue weighted by atomic mass is 127. The Kier molecular flexibility index (Phi) is 3.79. The van der Waals surface area contributed by atoms with Crippen molar-refractivity contribution in [3.05, 3.63) is 30.6 Å². The fraction of sp³-hybridized carbons (Fsp3) is 0. The molecule has 0 spiro atoms. The van der Waals surface area contributed by atoms with Gasteiger partial charge < -0.3 is 10.4 Å². The molecule has 1 aromatic carbocycles. The number of aromatic hydroxyl groups is 1. The van der Waals surface area contributed by atoms with Crippen LogP contribution in [0.3, 0.4) is 0 Å². The van der Waals surface area contributed by atoms with Crippen molar-refractivity contribution in [3.8, 4) is 5.75 Å². The molecule has 0 aromatic heterocycles. The predicted octanol–water partition coefficient (Wildman–Crippen LogP) is 2.90. The normalized spacial score (nSPS) is 17.6. The Hall–Kier alpha value is -0.540. The standard InChI is InChI=1S/C10H6BrIN2O2S/c11-5-1-4(2-6(12)8(5)15)3-7-9(16)14-10(13)17-7/h1-3,15H,(H2,13,14,16). The molecule has 0 aliphatic carbocycles. The van der Waals surface area contributed by atoms with Gasteiger partial charge in [0.05, 0.1) is 12.9 Å². The van der Waals surface area contributed by atoms with Crippen molar-refractivity contribution in [2.75, 3.05) is 0 Å². The number of amides is 1. The first-order valence-corrected chi connectivity index (χ1v) is 7.13. The molecule has 88 valence electrons. The van der Waals surface area contributed by atoms with E-state index in [1.165, 1.54) is 0 Å². The summed E-state index contributed by atoms with van der Waals surface area (Å²) in [4.78, 5) is 11.9. The van der Waals surface area contributed by atoms with Gasteiger partial charge in [0.25, 0.3) is 5.91 Å². The molecule has 7 heteroatoms. The third kappa shape index (κ3) is 2.83. The van der Waals surface area contributed by atoms with Crippen LogP contribution in [0, 0.1) is 8.98 Å². The number of carbonyl (C=O) groups excluding carboxylic acids is 1. The zero-order valence-electron chi connectivity index (χ0n) is 8.25. The van der Waals surface area contributed by atoms with Crippen LogP contribution in [0.25, 0.3) is 6.08 Å². The molecular weight excluding hydrogens is 419 g/mol. The third-order valence-corrected chi connectivity index (χ3v) is 4.26. The van der Waals surface area contributed by atoms with E-state index in [2.05, 4.69) is 21.2 Å². The number of amidine groups is 1. The summed E-state index contributed by atoms with van der Waals surface area (Å²) >= 11 is 6.34. The molecule has 0 saturated carbocycles. The maximum Gasteiger partial charge on any atom is 0.264 e. The Morgan fingerprint density at radius 1 is 1.53 bits per heavy atom. The molecule has 0 atom stereocenters. The van der Waals surface area contributed by atoms with E-state index in [1.54, 1.807) is 18.2 Å². The number of carbonyl (C=O) groups is 1. The van der Waals surface area contributed by atoms with Gasteiger partial charge in [0.15, 0.2) is 5.17 Å². The molecule has 1 aromatic rings. The minimum atomic E-state index is -0.265. The third-order valence-electron chi connectivity index (χ3n) is 2.00. The molecule has 4 nitrogen and oxygen atoms in total. The van der Waals surface area contributed by atoms with Crippen LogP contribution in [0.1, 0.15) is 5.56 Å². The van der Waals surface area contributed by atoms with Crippen LogP contribution < -0.4 is 5.32 Å². The van der Waals surface area contributed by atoms with Gasteiger partial charge in [0.2, 0.25) is 0 Å². The molecule has 0 bridgehead atoms. The van der Waals surface area contributed by atoms with Crippen LogP contribution in [0.5, 0.6) is 5.75 Å². The summed E-state index contributed by atoms with van der Waals surface area (Å²) in [5.74, 6) is -0.0803. The lowest BCUT2D eigenvalue weighted by molar-refractivity contribution is -0.115. The van der Waals surface area contributed by atoms with E-state index in [0.29, 0.717) is 12.9 Å². The smallest absolute Gasteiger partial charge is 0.264 e. The first-order chi connectivity index (χ1) is 7.97. The van der Waals surface area contributed by atoms with Gasteiger partial charge in [-0.1, -0.05) is 0 Å². The van der Waals surface area contributed by atoms with Gasteiger partial charge in [-0.3, -0.25) is 10.2 Å². The lowest BCUT2D eigenvalue weighted by Crippen LogP contribution is -2.18. The lowest BCUT2D eigenvalue weighted by atomic mass is 10.2. The summed E-state index contributed by atoms with van der Waals surface area (Å²) in [6.07, 6.45) is 1.69. The highest BCUT2D eigenvalue weighted by Crippen LogP contribution is 2.32. The Balaban J connectivity index is 2.40. The van der Waals surface area contributed by atoms with Gasteiger partial charge in [0, 0.05) is 0 Å². The second-order valence-electron chi connectivity index (χ2n) is 3.23. The van der Waals surface area contributed by atoms with Crippen LogP contribution >= 0.6 is 50.3 Å². The highest BCUT2D eigenvalue weighted by molar-refractivity contribution is 14.1. The van der Waals surface area contributed by atoms with Crippen LogP contribution in [-0.2, 0) is 4.79 Å². The van der Waals surface area contributed by atoms with E-state index >= 15 is 0 Å². The lowest BCUT2D eigenvalue weighted by Gasteiger charge is -2.02. The number of rotatable bonds is 1. The molecule has 1 aliphatic heterocycles. The zero-order chi connectivity index (χ0) is 12.6. The SMILES string of the molecule is N=C1NC(=O)C(=Cc2cc(Br)c(O)c(I)c2)S1. The molecule has 1 aliphatic rings. The average Bonchev–Trinajstić information content (AvgIpc) is 2.54. The summed E-state index contributed by atoms with van der Waals surface area (Å²) in [6, 6.07) is 3.49. The maximum atomic E-state index is 11.4. The number of thioether (sulfide) groups is 1. The summed E-state index contributed by atoms with van der Waals surface area (Å²) in [5, 5.41) is 19.5. The molecule has 0 radical (unpaired) electrons. The van der Waals surface area contributed by atoms with Gasteiger partial charge >= 0.3 is 0 Å². The van der Waals surface area contributed by atoms with Gasteiger partial charge in [-0.25, -0.2) is 0 Å². The number of hydrogen-bond donors (Lipinski definition) is 3. The van der Waals surface area contributed by atoms with Gasteiger partial charge in [0.1, 0.15) is 5.75 Å². The molecule has 1 saturated heterocycles. The summed E-state index contributed by atoms with van der Waals surface area (Å²) in [6.45, 7) is 0.